The molecule has 5 nitrogen and oxygen atoms in total. The summed E-state index contributed by atoms with van der Waals surface area (Å²) in [7, 11) is 0. The van der Waals surface area contributed by atoms with Gasteiger partial charge in [-0.3, -0.25) is 4.79 Å². The molecule has 0 spiro atoms. The van der Waals surface area contributed by atoms with Crippen LogP contribution in [0.5, 0.6) is 0 Å². The molecule has 2 aromatic rings. The Kier molecular flexibility index (Phi) is 4.27. The highest BCUT2D eigenvalue weighted by molar-refractivity contribution is 7.09. The van der Waals surface area contributed by atoms with Crippen molar-refractivity contribution < 1.29 is 23.5 Å². The lowest BCUT2D eigenvalue weighted by Gasteiger charge is -2.08. The number of carboxylic acids is 1. The number of nitrogens with zero attached hydrogens (tertiary/aromatic N) is 1. The SMILES string of the molecule is Cc1nc(CC(=O)Nc2cc(F)c(F)cc2C(=O)O)cs1. The van der Waals surface area contributed by atoms with Gasteiger partial charge >= 0.3 is 5.97 Å². The third-order valence-corrected chi connectivity index (χ3v) is 3.40. The number of rotatable bonds is 4. The van der Waals surface area contributed by atoms with Gasteiger partial charge in [0.05, 0.1) is 28.4 Å². The summed E-state index contributed by atoms with van der Waals surface area (Å²) in [6.07, 6.45) is -0.0810. The van der Waals surface area contributed by atoms with Gasteiger partial charge in [-0.05, 0) is 13.0 Å². The number of aromatic nitrogens is 1. The van der Waals surface area contributed by atoms with E-state index < -0.39 is 29.1 Å². The molecular formula is C13H10F2N2O3S. The Labute approximate surface area is 122 Å². The minimum atomic E-state index is -1.46. The number of carboxylic acid groups (broad SMARTS) is 1. The first-order valence-corrected chi connectivity index (χ1v) is 6.68. The average molecular weight is 312 g/mol. The van der Waals surface area contributed by atoms with E-state index in [0.717, 1.165) is 5.01 Å². The van der Waals surface area contributed by atoms with E-state index >= 15 is 0 Å². The van der Waals surface area contributed by atoms with E-state index in [-0.39, 0.29) is 12.1 Å². The van der Waals surface area contributed by atoms with E-state index in [1.54, 1.807) is 12.3 Å². The predicted molar refractivity (Wildman–Crippen MR) is 72.5 cm³/mol. The number of hydrogen-bond donors (Lipinski definition) is 2. The zero-order valence-corrected chi connectivity index (χ0v) is 11.6. The van der Waals surface area contributed by atoms with Crippen LogP contribution in [0, 0.1) is 18.6 Å². The lowest BCUT2D eigenvalue weighted by atomic mass is 10.1. The van der Waals surface area contributed by atoms with Crippen molar-refractivity contribution in [3.63, 3.8) is 0 Å². The maximum absolute atomic E-state index is 13.2. The minimum absolute atomic E-state index is 0.0810. The van der Waals surface area contributed by atoms with Crippen molar-refractivity contribution in [3.8, 4) is 0 Å². The first kappa shape index (κ1) is 15.0. The van der Waals surface area contributed by atoms with Crippen LogP contribution in [0.25, 0.3) is 0 Å². The number of anilines is 1. The molecule has 1 aromatic carbocycles. The number of nitrogens with one attached hydrogen (secondary N) is 1. The quantitative estimate of drug-likeness (QED) is 0.909. The van der Waals surface area contributed by atoms with Crippen LogP contribution < -0.4 is 5.32 Å². The standard InChI is InChI=1S/C13H10F2N2O3S/c1-6-16-7(5-21-6)2-12(18)17-11-4-10(15)9(14)3-8(11)13(19)20/h3-5H,2H2,1H3,(H,17,18)(H,19,20). The third-order valence-electron chi connectivity index (χ3n) is 2.57. The van der Waals surface area contributed by atoms with Gasteiger partial charge in [-0.2, -0.15) is 0 Å². The first-order chi connectivity index (χ1) is 9.86. The highest BCUT2D eigenvalue weighted by atomic mass is 32.1. The Hall–Kier alpha value is -2.35. The fourth-order valence-corrected chi connectivity index (χ4v) is 2.29. The molecule has 1 heterocycles. The fourth-order valence-electron chi connectivity index (χ4n) is 1.68. The van der Waals surface area contributed by atoms with Crippen LogP contribution >= 0.6 is 11.3 Å². The van der Waals surface area contributed by atoms with Gasteiger partial charge in [0.2, 0.25) is 5.91 Å². The summed E-state index contributed by atoms with van der Waals surface area (Å²) in [5.74, 6) is -4.55. The largest absolute Gasteiger partial charge is 0.478 e. The summed E-state index contributed by atoms with van der Waals surface area (Å²) in [5.41, 5.74) is -0.287. The maximum atomic E-state index is 13.2. The van der Waals surface area contributed by atoms with Crippen LogP contribution in [-0.4, -0.2) is 22.0 Å². The van der Waals surface area contributed by atoms with Crippen LogP contribution in [0.1, 0.15) is 21.1 Å². The number of aromatic carboxylic acids is 1. The van der Waals surface area contributed by atoms with Gasteiger partial charge in [-0.25, -0.2) is 18.6 Å². The number of aryl methyl sites for hydroxylation is 1. The second-order valence-electron chi connectivity index (χ2n) is 4.20. The number of carbonyl (C=O) groups excluding carboxylic acids is 1. The molecule has 110 valence electrons. The molecule has 21 heavy (non-hydrogen) atoms. The summed E-state index contributed by atoms with van der Waals surface area (Å²) >= 11 is 1.37. The molecule has 2 N–H and O–H groups in total. The average Bonchev–Trinajstić information content (AvgIpc) is 2.78. The monoisotopic (exact) mass is 312 g/mol. The van der Waals surface area contributed by atoms with E-state index in [4.69, 9.17) is 5.11 Å². The molecule has 0 radical (unpaired) electrons. The summed E-state index contributed by atoms with van der Waals surface area (Å²) in [6.45, 7) is 1.78. The molecule has 1 aromatic heterocycles. The lowest BCUT2D eigenvalue weighted by Crippen LogP contribution is -2.17. The van der Waals surface area contributed by atoms with E-state index in [9.17, 15) is 18.4 Å². The van der Waals surface area contributed by atoms with Crippen molar-refractivity contribution in [2.24, 2.45) is 0 Å². The topological polar surface area (TPSA) is 79.3 Å². The van der Waals surface area contributed by atoms with Gasteiger partial charge in [-0.15, -0.1) is 11.3 Å². The first-order valence-electron chi connectivity index (χ1n) is 5.80. The van der Waals surface area contributed by atoms with Crippen molar-refractivity contribution in [1.29, 1.82) is 0 Å². The molecule has 0 bridgehead atoms. The number of carbonyl (C=O) groups is 2. The van der Waals surface area contributed by atoms with Gasteiger partial charge in [0.15, 0.2) is 11.6 Å². The van der Waals surface area contributed by atoms with Crippen molar-refractivity contribution in [3.05, 3.63) is 45.4 Å². The van der Waals surface area contributed by atoms with Gasteiger partial charge in [0.1, 0.15) is 0 Å². The number of amides is 1. The lowest BCUT2D eigenvalue weighted by molar-refractivity contribution is -0.115. The molecule has 0 unspecified atom stereocenters. The molecule has 0 aliphatic heterocycles. The normalized spacial score (nSPS) is 10.4. The summed E-state index contributed by atoms with van der Waals surface area (Å²) in [4.78, 5) is 26.9. The zero-order chi connectivity index (χ0) is 15.6. The van der Waals surface area contributed by atoms with Gasteiger partial charge in [0.25, 0.3) is 0 Å². The Bertz CT molecular complexity index is 715. The summed E-state index contributed by atoms with van der Waals surface area (Å²) in [6, 6.07) is 1.17. The Morgan fingerprint density at radius 2 is 2.00 bits per heavy atom. The van der Waals surface area contributed by atoms with Crippen molar-refractivity contribution in [2.45, 2.75) is 13.3 Å². The molecule has 0 fully saturated rings. The zero-order valence-electron chi connectivity index (χ0n) is 10.8. The van der Waals surface area contributed by atoms with Crippen molar-refractivity contribution in [2.75, 3.05) is 5.32 Å². The molecule has 0 saturated carbocycles. The molecule has 2 rings (SSSR count). The van der Waals surface area contributed by atoms with E-state index in [1.165, 1.54) is 11.3 Å². The Balaban J connectivity index is 2.20. The highest BCUT2D eigenvalue weighted by Gasteiger charge is 2.17. The fraction of sp³-hybridized carbons (Fsp3) is 0.154. The predicted octanol–water partition coefficient (Wildman–Crippen LogP) is 2.61. The summed E-state index contributed by atoms with van der Waals surface area (Å²) < 4.78 is 26.2. The molecular weight excluding hydrogens is 302 g/mol. The molecule has 0 aliphatic rings. The van der Waals surface area contributed by atoms with Crippen molar-refractivity contribution in [1.82, 2.24) is 4.98 Å². The maximum Gasteiger partial charge on any atom is 0.337 e. The second kappa shape index (κ2) is 5.96. The van der Waals surface area contributed by atoms with E-state index in [2.05, 4.69) is 10.3 Å². The van der Waals surface area contributed by atoms with E-state index in [1.807, 2.05) is 0 Å². The van der Waals surface area contributed by atoms with Crippen molar-refractivity contribution >= 4 is 28.9 Å². The molecule has 1 amide bonds. The molecule has 0 atom stereocenters. The minimum Gasteiger partial charge on any atom is -0.478 e. The smallest absolute Gasteiger partial charge is 0.337 e. The van der Waals surface area contributed by atoms with Gasteiger partial charge in [0, 0.05) is 11.4 Å². The molecule has 0 saturated heterocycles. The van der Waals surface area contributed by atoms with Crippen LogP contribution in [0.15, 0.2) is 17.5 Å². The number of halogens is 2. The third kappa shape index (κ3) is 3.60. The highest BCUT2D eigenvalue weighted by Crippen LogP contribution is 2.20. The van der Waals surface area contributed by atoms with Gasteiger partial charge in [-0.1, -0.05) is 0 Å². The molecule has 8 heteroatoms. The van der Waals surface area contributed by atoms with Crippen LogP contribution in [-0.2, 0) is 11.2 Å². The summed E-state index contributed by atoms with van der Waals surface area (Å²) in [5, 5.41) is 13.7. The Morgan fingerprint density at radius 1 is 1.33 bits per heavy atom. The van der Waals surface area contributed by atoms with E-state index in [0.29, 0.717) is 17.8 Å². The Morgan fingerprint density at radius 3 is 2.57 bits per heavy atom. The van der Waals surface area contributed by atoms with Crippen LogP contribution in [0.2, 0.25) is 0 Å². The molecule has 0 aliphatic carbocycles. The number of thiazole rings is 1. The second-order valence-corrected chi connectivity index (χ2v) is 5.26. The van der Waals surface area contributed by atoms with Crippen LogP contribution in [0.3, 0.4) is 0 Å². The van der Waals surface area contributed by atoms with Crippen LogP contribution in [0.4, 0.5) is 14.5 Å². The van der Waals surface area contributed by atoms with Gasteiger partial charge < -0.3 is 10.4 Å². The number of benzene rings is 1. The number of hydrogen-bond acceptors (Lipinski definition) is 4.